The van der Waals surface area contributed by atoms with Crippen LogP contribution >= 0.6 is 0 Å². The smallest absolute Gasteiger partial charge is 0.126 e. The molecule has 1 heterocycles. The number of nitrogens with two attached hydrogens (primary N) is 2. The summed E-state index contributed by atoms with van der Waals surface area (Å²) in [4.78, 5) is 0. The summed E-state index contributed by atoms with van der Waals surface area (Å²) in [5.41, 5.74) is 10.9. The first-order chi connectivity index (χ1) is 9.65. The predicted molar refractivity (Wildman–Crippen MR) is 79.0 cm³/mol. The summed E-state index contributed by atoms with van der Waals surface area (Å²) in [6, 6.07) is 8.01. The lowest BCUT2D eigenvalue weighted by Crippen LogP contribution is -2.28. The highest BCUT2D eigenvalue weighted by atomic mass is 16.5. The topological polar surface area (TPSA) is 91.1 Å². The van der Waals surface area contributed by atoms with Gasteiger partial charge < -0.3 is 10.5 Å². The van der Waals surface area contributed by atoms with Crippen LogP contribution in [0.2, 0.25) is 0 Å². The van der Waals surface area contributed by atoms with Crippen LogP contribution in [-0.2, 0) is 13.5 Å². The third kappa shape index (κ3) is 3.09. The van der Waals surface area contributed by atoms with Crippen molar-refractivity contribution in [2.45, 2.75) is 18.9 Å². The Hall–Kier alpha value is -2.05. The van der Waals surface area contributed by atoms with E-state index in [1.165, 1.54) is 5.56 Å². The first-order valence-corrected chi connectivity index (χ1v) is 6.52. The molecule has 0 bridgehead atoms. The average molecular weight is 275 g/mol. The van der Waals surface area contributed by atoms with E-state index in [4.69, 9.17) is 16.3 Å². The highest BCUT2D eigenvalue weighted by Gasteiger charge is 2.16. The SMILES string of the molecule is COc1ccc(CCC(NN)c2cnn(C)c2N)cc1. The molecule has 1 unspecified atom stereocenters. The van der Waals surface area contributed by atoms with E-state index in [1.54, 1.807) is 18.0 Å². The van der Waals surface area contributed by atoms with E-state index in [0.29, 0.717) is 5.82 Å². The summed E-state index contributed by atoms with van der Waals surface area (Å²) in [7, 11) is 3.48. The van der Waals surface area contributed by atoms with E-state index in [-0.39, 0.29) is 6.04 Å². The van der Waals surface area contributed by atoms with Gasteiger partial charge in [0.1, 0.15) is 11.6 Å². The molecule has 1 atom stereocenters. The number of ether oxygens (including phenoxy) is 1. The minimum absolute atomic E-state index is 0.00852. The fourth-order valence-electron chi connectivity index (χ4n) is 2.16. The van der Waals surface area contributed by atoms with Crippen LogP contribution in [0.5, 0.6) is 5.75 Å². The zero-order valence-corrected chi connectivity index (χ0v) is 11.8. The van der Waals surface area contributed by atoms with Crippen molar-refractivity contribution in [3.8, 4) is 5.75 Å². The van der Waals surface area contributed by atoms with Crippen molar-refractivity contribution in [3.05, 3.63) is 41.6 Å². The molecule has 0 fully saturated rings. The number of anilines is 1. The van der Waals surface area contributed by atoms with Gasteiger partial charge in [-0.25, -0.2) is 0 Å². The lowest BCUT2D eigenvalue weighted by Gasteiger charge is -2.15. The maximum Gasteiger partial charge on any atom is 0.126 e. The molecule has 0 spiro atoms. The lowest BCUT2D eigenvalue weighted by molar-refractivity contribution is 0.414. The summed E-state index contributed by atoms with van der Waals surface area (Å²) in [5, 5.41) is 4.14. The van der Waals surface area contributed by atoms with Crippen molar-refractivity contribution < 1.29 is 4.74 Å². The Morgan fingerprint density at radius 3 is 2.55 bits per heavy atom. The minimum Gasteiger partial charge on any atom is -0.497 e. The number of aromatic nitrogens is 2. The van der Waals surface area contributed by atoms with Crippen molar-refractivity contribution >= 4 is 5.82 Å². The standard InChI is InChI=1S/C14H21N5O/c1-19-14(15)12(9-17-19)13(18-16)8-5-10-3-6-11(20-2)7-4-10/h3-4,6-7,9,13,18H,5,8,15-16H2,1-2H3. The first kappa shape index (κ1) is 14.4. The van der Waals surface area contributed by atoms with Crippen LogP contribution in [0.15, 0.2) is 30.5 Å². The molecule has 5 N–H and O–H groups in total. The number of nitrogens with one attached hydrogen (secondary N) is 1. The number of rotatable bonds is 6. The second kappa shape index (κ2) is 6.40. The number of nitrogen functional groups attached to an aromatic ring is 1. The van der Waals surface area contributed by atoms with E-state index in [2.05, 4.69) is 22.7 Å². The van der Waals surface area contributed by atoms with E-state index >= 15 is 0 Å². The van der Waals surface area contributed by atoms with Gasteiger partial charge in [-0.1, -0.05) is 12.1 Å². The van der Waals surface area contributed by atoms with Crippen molar-refractivity contribution in [2.24, 2.45) is 12.9 Å². The number of aryl methyl sites for hydroxylation is 2. The number of hydrogen-bond acceptors (Lipinski definition) is 5. The second-order valence-electron chi connectivity index (χ2n) is 4.71. The van der Waals surface area contributed by atoms with Gasteiger partial charge in [0.05, 0.1) is 19.3 Å². The molecule has 1 aromatic carbocycles. The maximum atomic E-state index is 5.97. The predicted octanol–water partition coefficient (Wildman–Crippen LogP) is 1.15. The quantitative estimate of drug-likeness (QED) is 0.543. The van der Waals surface area contributed by atoms with Gasteiger partial charge in [0, 0.05) is 12.6 Å². The number of hydrogen-bond donors (Lipinski definition) is 3. The molecule has 2 aromatic rings. The van der Waals surface area contributed by atoms with Gasteiger partial charge in [-0.2, -0.15) is 5.10 Å². The highest BCUT2D eigenvalue weighted by molar-refractivity contribution is 5.40. The van der Waals surface area contributed by atoms with Crippen molar-refractivity contribution in [2.75, 3.05) is 12.8 Å². The fraction of sp³-hybridized carbons (Fsp3) is 0.357. The van der Waals surface area contributed by atoms with Gasteiger partial charge >= 0.3 is 0 Å². The Kier molecular flexibility index (Phi) is 4.60. The van der Waals surface area contributed by atoms with Gasteiger partial charge in [-0.3, -0.25) is 16.0 Å². The summed E-state index contributed by atoms with van der Waals surface area (Å²) >= 11 is 0. The van der Waals surface area contributed by atoms with Crippen molar-refractivity contribution in [1.82, 2.24) is 15.2 Å². The molecule has 6 heteroatoms. The molecule has 0 aliphatic carbocycles. The van der Waals surface area contributed by atoms with E-state index in [1.807, 2.05) is 19.2 Å². The molecule has 6 nitrogen and oxygen atoms in total. The first-order valence-electron chi connectivity index (χ1n) is 6.52. The molecule has 0 saturated heterocycles. The summed E-state index contributed by atoms with van der Waals surface area (Å²) in [6.45, 7) is 0. The molecular formula is C14H21N5O. The van der Waals surface area contributed by atoms with Gasteiger partial charge in [0.15, 0.2) is 0 Å². The van der Waals surface area contributed by atoms with Crippen LogP contribution in [0.3, 0.4) is 0 Å². The zero-order chi connectivity index (χ0) is 14.5. The van der Waals surface area contributed by atoms with Crippen LogP contribution in [0.25, 0.3) is 0 Å². The number of hydrazine groups is 1. The van der Waals surface area contributed by atoms with E-state index in [0.717, 1.165) is 24.2 Å². The molecule has 108 valence electrons. The van der Waals surface area contributed by atoms with Crippen LogP contribution in [0.4, 0.5) is 5.82 Å². The molecule has 2 rings (SSSR count). The fourth-order valence-corrected chi connectivity index (χ4v) is 2.16. The Morgan fingerprint density at radius 1 is 1.35 bits per heavy atom. The average Bonchev–Trinajstić information content (AvgIpc) is 2.81. The molecule has 1 aromatic heterocycles. The number of nitrogens with zero attached hydrogens (tertiary/aromatic N) is 2. The summed E-state index contributed by atoms with van der Waals surface area (Å²) in [6.07, 6.45) is 3.50. The monoisotopic (exact) mass is 275 g/mol. The summed E-state index contributed by atoms with van der Waals surface area (Å²) in [5.74, 6) is 7.13. The lowest BCUT2D eigenvalue weighted by atomic mass is 10.0. The Labute approximate surface area is 118 Å². The molecule has 0 aliphatic heterocycles. The zero-order valence-electron chi connectivity index (χ0n) is 11.8. The largest absolute Gasteiger partial charge is 0.497 e. The van der Waals surface area contributed by atoms with Crippen LogP contribution in [0.1, 0.15) is 23.6 Å². The molecule has 0 amide bonds. The van der Waals surface area contributed by atoms with Gasteiger partial charge in [0.2, 0.25) is 0 Å². The highest BCUT2D eigenvalue weighted by Crippen LogP contribution is 2.23. The van der Waals surface area contributed by atoms with Gasteiger partial charge in [-0.15, -0.1) is 0 Å². The maximum absolute atomic E-state index is 5.97. The normalized spacial score (nSPS) is 12.3. The molecule has 0 radical (unpaired) electrons. The molecule has 0 aliphatic rings. The third-order valence-electron chi connectivity index (χ3n) is 3.47. The second-order valence-corrected chi connectivity index (χ2v) is 4.71. The Bertz CT molecular complexity index is 549. The minimum atomic E-state index is -0.00852. The Balaban J connectivity index is 2.01. The molecular weight excluding hydrogens is 254 g/mol. The number of methoxy groups -OCH3 is 1. The molecule has 20 heavy (non-hydrogen) atoms. The summed E-state index contributed by atoms with van der Waals surface area (Å²) < 4.78 is 6.79. The van der Waals surface area contributed by atoms with Gasteiger partial charge in [0.25, 0.3) is 0 Å². The number of benzene rings is 1. The van der Waals surface area contributed by atoms with Crippen molar-refractivity contribution in [1.29, 1.82) is 0 Å². The third-order valence-corrected chi connectivity index (χ3v) is 3.47. The van der Waals surface area contributed by atoms with Crippen LogP contribution in [-0.4, -0.2) is 16.9 Å². The van der Waals surface area contributed by atoms with Crippen LogP contribution < -0.4 is 21.7 Å². The van der Waals surface area contributed by atoms with Gasteiger partial charge in [-0.05, 0) is 30.5 Å². The van der Waals surface area contributed by atoms with E-state index in [9.17, 15) is 0 Å². The molecule has 0 saturated carbocycles. The Morgan fingerprint density at radius 2 is 2.05 bits per heavy atom. The van der Waals surface area contributed by atoms with Crippen LogP contribution in [0, 0.1) is 0 Å². The van der Waals surface area contributed by atoms with E-state index < -0.39 is 0 Å². The van der Waals surface area contributed by atoms with Crippen molar-refractivity contribution in [3.63, 3.8) is 0 Å².